The van der Waals surface area contributed by atoms with Gasteiger partial charge in [-0.05, 0) is 94.8 Å². The molecule has 0 saturated carbocycles. The number of hydrogen-bond acceptors (Lipinski definition) is 15. The van der Waals surface area contributed by atoms with E-state index in [1.165, 1.54) is 58.4 Å². The molecule has 3 amide bonds. The van der Waals surface area contributed by atoms with Crippen molar-refractivity contribution < 1.29 is 14.4 Å². The van der Waals surface area contributed by atoms with Gasteiger partial charge in [-0.2, -0.15) is 0 Å². The molecular weight excluding hydrogens is 1560 g/mol. The van der Waals surface area contributed by atoms with E-state index in [0.29, 0.717) is 77.9 Å². The van der Waals surface area contributed by atoms with E-state index in [9.17, 15) is 14.4 Å². The number of halogens is 7. The minimum Gasteiger partial charge on any atom is -0.344 e. The first-order chi connectivity index (χ1) is 45.5. The minimum atomic E-state index is -2.02. The molecule has 0 aliphatic rings. The Morgan fingerprint density at radius 3 is 1.34 bits per heavy atom. The number of thiazole rings is 3. The largest absolute Gasteiger partial charge is 0.344 e. The summed E-state index contributed by atoms with van der Waals surface area (Å²) in [6.45, 7) is 13.3. The number of aromatic amines is 1. The average Bonchev–Trinajstić information content (AvgIpc) is 1.65. The summed E-state index contributed by atoms with van der Waals surface area (Å²) in [5.74, 6) is 3.44. The van der Waals surface area contributed by atoms with E-state index in [1.807, 2.05) is 70.1 Å². The van der Waals surface area contributed by atoms with Crippen LogP contribution in [0, 0.1) is 0 Å². The Balaban J connectivity index is 0.000000154. The summed E-state index contributed by atoms with van der Waals surface area (Å²) in [4.78, 5) is 86.4. The van der Waals surface area contributed by atoms with Crippen molar-refractivity contribution >= 4 is 177 Å². The summed E-state index contributed by atoms with van der Waals surface area (Å²) in [5.41, 5.74) is 6.19. The maximum Gasteiger partial charge on any atom is 0.222 e. The smallest absolute Gasteiger partial charge is 0.222 e. The molecule has 3 aromatic carbocycles. The van der Waals surface area contributed by atoms with Crippen LogP contribution < -0.4 is 19.5 Å². The van der Waals surface area contributed by atoms with Gasteiger partial charge < -0.3 is 24.8 Å². The number of rotatable bonds is 16. The van der Waals surface area contributed by atoms with Crippen LogP contribution in [0.2, 0.25) is 45.0 Å². The molecule has 0 unspecified atom stereocenters. The molecule has 4 N–H and O–H groups in total. The fourth-order valence-electron chi connectivity index (χ4n) is 9.01. The number of hydrogen-bond donors (Lipinski definition) is 4. The number of aromatic nitrogens is 12. The second kappa shape index (κ2) is 33.0. The SMILES string of the molecule is C=CCn1ccnc1-c1sc(-c2ccnc(NC(C)=O)c2)nc1-c1ccc(Cl)cc1Cl.C=CCn1ccnc1-c1sc(Br)nc1-c1ccc(Cl)cc1Cl.CC(=O)Nc1c[c]([Sn]([CH3])([CH3])[CH3])ccn1.CC(=O)Nc1cc(-c2nc(-c3ccc(Cl)cc3Cl)c(-c3ncc[nH]3)s2)ccn1. The molecule has 12 aromatic rings. The number of H-pyrrole nitrogens is 1. The Kier molecular flexibility index (Phi) is 24.9. The average molecular weight is 1610 g/mol. The topological polar surface area (TPSA) is 229 Å². The van der Waals surface area contributed by atoms with Crippen LogP contribution in [0.3, 0.4) is 0 Å². The molecule has 0 spiro atoms. The van der Waals surface area contributed by atoms with E-state index in [1.54, 1.807) is 91.9 Å². The van der Waals surface area contributed by atoms with Crippen LogP contribution >= 0.6 is 120 Å². The zero-order valence-electron chi connectivity index (χ0n) is 51.4. The molecule has 484 valence electrons. The fraction of sp³-hybridized carbons (Fsp3) is 0.121. The van der Waals surface area contributed by atoms with Gasteiger partial charge in [-0.25, -0.2) is 39.9 Å². The standard InChI is InChI=1S/C22H17Cl2N5OS.C19H13Cl2N5OS.C15H10BrCl2N3S.C7H7N2O.3CH3.Sn/c1-3-9-29-10-8-26-21(29)20-19(16-5-4-15(23)12-17(16)24)28-22(31-20)14-6-7-25-18(11-14)27-13(2)30;1-10(27)25-15-8-11(4-5-22-15)19-26-16(13-3-2-12(20)9-14(13)21)17(28-19)18-23-6-7-24-18;1-2-6-21-7-5-19-14(21)13-12(20-15(16)22-13)10-4-3-9(17)8-11(10)18;1-6(10)9-7-4-2-3-5-8-7;;;;/h3-8,10-12H,1,9H2,2H3,(H,25,27,30);2-9H,1H3,(H,23,24)(H,22,25,27);2-5,7-8H,1,6H2;3-5H,1H3,(H,8,9,10);3*1H3;. The van der Waals surface area contributed by atoms with Gasteiger partial charge in [0.05, 0.1) is 46.8 Å². The minimum absolute atomic E-state index is 0.0706. The van der Waals surface area contributed by atoms with Gasteiger partial charge in [0.2, 0.25) is 11.8 Å². The Labute approximate surface area is 602 Å². The number of amides is 3. The summed E-state index contributed by atoms with van der Waals surface area (Å²) in [6, 6.07) is 27.3. The van der Waals surface area contributed by atoms with Gasteiger partial charge in [0.1, 0.15) is 27.5 Å². The molecule has 29 heteroatoms. The molecule has 0 atom stereocenters. The second-order valence-electron chi connectivity index (χ2n) is 21.3. The first-order valence-corrected chi connectivity index (χ1v) is 44.0. The third kappa shape index (κ3) is 19.0. The van der Waals surface area contributed by atoms with Crippen LogP contribution in [0.15, 0.2) is 176 Å². The number of benzene rings is 3. The van der Waals surface area contributed by atoms with Gasteiger partial charge in [0.15, 0.2) is 15.6 Å². The normalized spacial score (nSPS) is 10.9. The van der Waals surface area contributed by atoms with E-state index in [4.69, 9.17) is 79.6 Å². The first kappa shape index (κ1) is 71.8. The van der Waals surface area contributed by atoms with Crippen molar-refractivity contribution in [1.29, 1.82) is 0 Å². The van der Waals surface area contributed by atoms with Crippen LogP contribution in [-0.4, -0.2) is 95.1 Å². The van der Waals surface area contributed by atoms with E-state index in [0.717, 1.165) is 73.7 Å². The molecule has 0 radical (unpaired) electrons. The van der Waals surface area contributed by atoms with Crippen LogP contribution in [0.4, 0.5) is 17.5 Å². The van der Waals surface area contributed by atoms with Gasteiger partial charge in [0.25, 0.3) is 0 Å². The zero-order chi connectivity index (χ0) is 68.1. The van der Waals surface area contributed by atoms with Gasteiger partial charge in [-0.1, -0.05) is 81.8 Å². The molecule has 12 rings (SSSR count). The molecule has 0 aliphatic heterocycles. The van der Waals surface area contributed by atoms with Crippen molar-refractivity contribution in [3.8, 4) is 87.0 Å². The van der Waals surface area contributed by atoms with Crippen molar-refractivity contribution in [2.24, 2.45) is 0 Å². The van der Waals surface area contributed by atoms with Crippen molar-refractivity contribution in [3.63, 3.8) is 0 Å². The number of carbonyl (C=O) groups is 3. The molecule has 18 nitrogen and oxygen atoms in total. The van der Waals surface area contributed by atoms with Gasteiger partial charge in [0, 0.05) is 119 Å². The Bertz CT molecular complexity index is 4760. The first-order valence-electron chi connectivity index (χ1n) is 28.5. The predicted octanol–water partition coefficient (Wildman–Crippen LogP) is 19.2. The van der Waals surface area contributed by atoms with E-state index in [-0.39, 0.29) is 17.7 Å². The summed E-state index contributed by atoms with van der Waals surface area (Å²) in [6.07, 6.45) is 19.4. The molecule has 0 aliphatic carbocycles. The number of pyridine rings is 3. The molecule has 0 saturated heterocycles. The molecule has 9 aromatic heterocycles. The summed E-state index contributed by atoms with van der Waals surface area (Å²) in [7, 11) is 0. The van der Waals surface area contributed by atoms with Crippen LogP contribution in [0.1, 0.15) is 20.8 Å². The van der Waals surface area contributed by atoms with Gasteiger partial charge in [-0.15, -0.1) is 47.2 Å². The van der Waals surface area contributed by atoms with Crippen molar-refractivity contribution in [2.45, 2.75) is 48.7 Å². The number of carbonyl (C=O) groups excluding carboxylic acids is 3. The monoisotopic (exact) mass is 1610 g/mol. The maximum absolute atomic E-state index is 11.4. The molecule has 95 heavy (non-hydrogen) atoms. The Morgan fingerprint density at radius 1 is 0.516 bits per heavy atom. The van der Waals surface area contributed by atoms with E-state index in [2.05, 4.69) is 106 Å². The molecule has 0 bridgehead atoms. The van der Waals surface area contributed by atoms with Crippen molar-refractivity contribution in [1.82, 2.24) is 59.0 Å². The second-order valence-corrected chi connectivity index (χ2v) is 42.6. The third-order valence-corrected chi connectivity index (χ3v) is 24.4. The Morgan fingerprint density at radius 2 is 0.926 bits per heavy atom. The summed E-state index contributed by atoms with van der Waals surface area (Å²) < 4.78 is 6.16. The van der Waals surface area contributed by atoms with Crippen LogP contribution in [-0.2, 0) is 27.5 Å². The predicted molar refractivity (Wildman–Crippen MR) is 397 cm³/mol. The quantitative estimate of drug-likeness (QED) is 0.0523. The fourth-order valence-corrected chi connectivity index (χ4v) is 17.4. The molecule has 9 heterocycles. The van der Waals surface area contributed by atoms with Gasteiger partial charge >= 0.3 is 88.8 Å². The summed E-state index contributed by atoms with van der Waals surface area (Å²) in [5, 5.41) is 12.9. The van der Waals surface area contributed by atoms with Crippen LogP contribution in [0.5, 0.6) is 0 Å². The van der Waals surface area contributed by atoms with Crippen molar-refractivity contribution in [2.75, 3.05) is 16.0 Å². The number of nitrogens with one attached hydrogen (secondary N) is 4. The van der Waals surface area contributed by atoms with Gasteiger partial charge in [-0.3, -0.25) is 9.59 Å². The van der Waals surface area contributed by atoms with E-state index >= 15 is 0 Å². The van der Waals surface area contributed by atoms with E-state index < -0.39 is 18.4 Å². The summed E-state index contributed by atoms with van der Waals surface area (Å²) >= 11 is 43.3. The Hall–Kier alpha value is -7.46. The maximum atomic E-state index is 11.4. The van der Waals surface area contributed by atoms with Crippen LogP contribution in [0.25, 0.3) is 87.0 Å². The third-order valence-electron chi connectivity index (χ3n) is 13.2. The number of imidazole rings is 3. The molecule has 0 fully saturated rings. The number of nitrogens with zero attached hydrogens (tertiary/aromatic N) is 11. The number of allylic oxidation sites excluding steroid dienone is 2. The zero-order valence-corrected chi connectivity index (χ0v) is 62.8. The number of anilines is 3. The van der Waals surface area contributed by atoms with Crippen molar-refractivity contribution in [3.05, 3.63) is 206 Å². The molecular formula is C66H56BrCl6N15O3S3Sn.